The van der Waals surface area contributed by atoms with Gasteiger partial charge in [0.2, 0.25) is 10.0 Å². The van der Waals surface area contributed by atoms with E-state index in [-0.39, 0.29) is 12.4 Å². The van der Waals surface area contributed by atoms with Crippen LogP contribution in [-0.2, 0) is 15.8 Å². The first kappa shape index (κ1) is 15.5. The Morgan fingerprint density at radius 3 is 2.43 bits per heavy atom. The molecule has 5 nitrogen and oxygen atoms in total. The first-order valence-electron chi connectivity index (χ1n) is 6.50. The largest absolute Gasteiger partial charge is 0.399 e. The number of sulfonamides is 1. The molecule has 112 valence electrons. The number of hydrogen-bond donors (Lipinski definition) is 3. The van der Waals surface area contributed by atoms with E-state index in [1.807, 2.05) is 6.07 Å². The summed E-state index contributed by atoms with van der Waals surface area (Å²) in [6.45, 7) is -0.305. The van der Waals surface area contributed by atoms with Crippen molar-refractivity contribution < 1.29 is 13.5 Å². The van der Waals surface area contributed by atoms with Crippen LogP contribution in [0, 0.1) is 0 Å². The Morgan fingerprint density at radius 2 is 1.81 bits per heavy atom. The molecule has 0 spiro atoms. The minimum absolute atomic E-state index is 0.179. The van der Waals surface area contributed by atoms with Crippen LogP contribution in [0.15, 0.2) is 54.6 Å². The number of anilines is 1. The molecule has 6 heteroatoms. The Kier molecular flexibility index (Phi) is 4.95. The molecule has 2 rings (SSSR count). The molecule has 0 aromatic heterocycles. The van der Waals surface area contributed by atoms with Crippen LogP contribution in [0.25, 0.3) is 0 Å². The summed E-state index contributed by atoms with van der Waals surface area (Å²) < 4.78 is 26.9. The smallest absolute Gasteiger partial charge is 0.216 e. The number of rotatable bonds is 6. The second-order valence-corrected chi connectivity index (χ2v) is 6.52. The molecule has 0 heterocycles. The van der Waals surface area contributed by atoms with Crippen molar-refractivity contribution in [3.05, 3.63) is 65.7 Å². The van der Waals surface area contributed by atoms with Crippen LogP contribution in [-0.4, -0.2) is 20.1 Å². The van der Waals surface area contributed by atoms with E-state index in [1.165, 1.54) is 0 Å². The fourth-order valence-corrected chi connectivity index (χ4v) is 3.40. The minimum atomic E-state index is -3.58. The van der Waals surface area contributed by atoms with Gasteiger partial charge in [-0.3, -0.25) is 0 Å². The fraction of sp³-hybridized carbons (Fsp3) is 0.200. The van der Waals surface area contributed by atoms with Gasteiger partial charge < -0.3 is 10.8 Å². The van der Waals surface area contributed by atoms with Gasteiger partial charge in [-0.25, -0.2) is 13.1 Å². The monoisotopic (exact) mass is 306 g/mol. The van der Waals surface area contributed by atoms with Gasteiger partial charge >= 0.3 is 0 Å². The third kappa shape index (κ3) is 4.56. The van der Waals surface area contributed by atoms with Gasteiger partial charge in [-0.2, -0.15) is 0 Å². The molecule has 0 saturated heterocycles. The highest BCUT2D eigenvalue weighted by Gasteiger charge is 2.19. The Hall–Kier alpha value is -1.89. The summed E-state index contributed by atoms with van der Waals surface area (Å²) in [6, 6.07) is 15.0. The fourth-order valence-electron chi connectivity index (χ4n) is 2.06. The van der Waals surface area contributed by atoms with Crippen molar-refractivity contribution in [1.82, 2.24) is 4.72 Å². The van der Waals surface area contributed by atoms with Crippen LogP contribution >= 0.6 is 0 Å². The summed E-state index contributed by atoms with van der Waals surface area (Å²) >= 11 is 0. The molecule has 0 unspecified atom stereocenters. The molecule has 2 aromatic carbocycles. The van der Waals surface area contributed by atoms with Crippen LogP contribution in [0.3, 0.4) is 0 Å². The van der Waals surface area contributed by atoms with E-state index in [9.17, 15) is 13.5 Å². The normalized spacial score (nSPS) is 13.0. The molecule has 0 aliphatic heterocycles. The number of nitrogens with two attached hydrogens (primary N) is 1. The highest BCUT2D eigenvalue weighted by Crippen LogP contribution is 2.15. The molecule has 0 fully saturated rings. The molecule has 2 aromatic rings. The summed E-state index contributed by atoms with van der Waals surface area (Å²) in [5.74, 6) is -0.179. The molecule has 0 radical (unpaired) electrons. The average Bonchev–Trinajstić information content (AvgIpc) is 2.45. The van der Waals surface area contributed by atoms with Gasteiger partial charge in [-0.05, 0) is 23.3 Å². The molecular weight excluding hydrogens is 288 g/mol. The Bertz CT molecular complexity index is 687. The van der Waals surface area contributed by atoms with Crippen LogP contribution < -0.4 is 10.5 Å². The molecule has 0 saturated carbocycles. The number of nitrogen functional groups attached to an aromatic ring is 1. The Morgan fingerprint density at radius 1 is 1.10 bits per heavy atom. The van der Waals surface area contributed by atoms with Crippen LogP contribution in [0.5, 0.6) is 0 Å². The molecule has 4 N–H and O–H groups in total. The highest BCUT2D eigenvalue weighted by atomic mass is 32.2. The molecule has 0 aliphatic carbocycles. The minimum Gasteiger partial charge on any atom is -0.399 e. The Labute approximate surface area is 124 Å². The third-order valence-electron chi connectivity index (χ3n) is 3.01. The number of hydrogen-bond acceptors (Lipinski definition) is 4. The molecule has 0 aliphatic rings. The topological polar surface area (TPSA) is 92.4 Å². The van der Waals surface area contributed by atoms with Crippen LogP contribution in [0.2, 0.25) is 0 Å². The second-order valence-electron chi connectivity index (χ2n) is 4.77. The van der Waals surface area contributed by atoms with E-state index >= 15 is 0 Å². The van der Waals surface area contributed by atoms with Gasteiger partial charge in [0.05, 0.1) is 18.4 Å². The van der Waals surface area contributed by atoms with Gasteiger partial charge in [0.25, 0.3) is 0 Å². The van der Waals surface area contributed by atoms with Crippen molar-refractivity contribution in [3.63, 3.8) is 0 Å². The lowest BCUT2D eigenvalue weighted by atomic mass is 10.1. The van der Waals surface area contributed by atoms with Gasteiger partial charge in [-0.15, -0.1) is 0 Å². The summed E-state index contributed by atoms with van der Waals surface area (Å²) in [5.41, 5.74) is 7.48. The van der Waals surface area contributed by atoms with Gasteiger partial charge in [0.15, 0.2) is 0 Å². The van der Waals surface area contributed by atoms with Crippen LogP contribution in [0.4, 0.5) is 5.69 Å². The molecule has 0 amide bonds. The number of aliphatic hydroxyl groups is 1. The van der Waals surface area contributed by atoms with E-state index in [1.54, 1.807) is 48.5 Å². The number of benzene rings is 2. The maximum absolute atomic E-state index is 12.2. The lowest BCUT2D eigenvalue weighted by Crippen LogP contribution is -2.31. The maximum atomic E-state index is 12.2. The standard InChI is InChI=1S/C15H18N2O3S/c16-14-8-4-5-12(9-14)11-21(19,20)17-15(10-18)13-6-2-1-3-7-13/h1-9,15,17-18H,10-11,16H2/t15-/m0/s1. The van der Waals surface area contributed by atoms with Crippen molar-refractivity contribution in [3.8, 4) is 0 Å². The lowest BCUT2D eigenvalue weighted by molar-refractivity contribution is 0.259. The van der Waals surface area contributed by atoms with E-state index in [4.69, 9.17) is 5.73 Å². The summed E-state index contributed by atoms with van der Waals surface area (Å²) in [4.78, 5) is 0. The van der Waals surface area contributed by atoms with Gasteiger partial charge in [0, 0.05) is 5.69 Å². The first-order chi connectivity index (χ1) is 10.00. The summed E-state index contributed by atoms with van der Waals surface area (Å²) in [6.07, 6.45) is 0. The number of aliphatic hydroxyl groups excluding tert-OH is 1. The quantitative estimate of drug-likeness (QED) is 0.704. The van der Waals surface area contributed by atoms with E-state index in [2.05, 4.69) is 4.72 Å². The zero-order valence-corrected chi connectivity index (χ0v) is 12.3. The van der Waals surface area contributed by atoms with E-state index in [0.29, 0.717) is 11.3 Å². The van der Waals surface area contributed by atoms with Gasteiger partial charge in [-0.1, -0.05) is 42.5 Å². The van der Waals surface area contributed by atoms with Crippen molar-refractivity contribution in [2.75, 3.05) is 12.3 Å². The van der Waals surface area contributed by atoms with Crippen molar-refractivity contribution in [2.45, 2.75) is 11.8 Å². The van der Waals surface area contributed by atoms with Crippen molar-refractivity contribution >= 4 is 15.7 Å². The van der Waals surface area contributed by atoms with Gasteiger partial charge in [0.1, 0.15) is 0 Å². The lowest BCUT2D eigenvalue weighted by Gasteiger charge is -2.17. The summed E-state index contributed by atoms with van der Waals surface area (Å²) in [5, 5.41) is 9.41. The molecular formula is C15H18N2O3S. The third-order valence-corrected chi connectivity index (χ3v) is 4.37. The van der Waals surface area contributed by atoms with E-state index < -0.39 is 16.1 Å². The SMILES string of the molecule is Nc1cccc(CS(=O)(=O)N[C@@H](CO)c2ccccc2)c1. The zero-order chi connectivity index (χ0) is 15.3. The van der Waals surface area contributed by atoms with Crippen molar-refractivity contribution in [1.29, 1.82) is 0 Å². The van der Waals surface area contributed by atoms with E-state index in [0.717, 1.165) is 5.56 Å². The average molecular weight is 306 g/mol. The highest BCUT2D eigenvalue weighted by molar-refractivity contribution is 7.88. The maximum Gasteiger partial charge on any atom is 0.216 e. The zero-order valence-electron chi connectivity index (χ0n) is 11.4. The number of nitrogens with one attached hydrogen (secondary N) is 1. The predicted molar refractivity (Wildman–Crippen MR) is 82.9 cm³/mol. The summed E-state index contributed by atoms with van der Waals surface area (Å²) in [7, 11) is -3.58. The first-order valence-corrected chi connectivity index (χ1v) is 8.15. The van der Waals surface area contributed by atoms with Crippen LogP contribution in [0.1, 0.15) is 17.2 Å². The Balaban J connectivity index is 2.13. The second kappa shape index (κ2) is 6.71. The van der Waals surface area contributed by atoms with Crippen molar-refractivity contribution in [2.24, 2.45) is 0 Å². The molecule has 1 atom stereocenters. The predicted octanol–water partition coefficient (Wildman–Crippen LogP) is 1.42. The molecule has 0 bridgehead atoms. The molecule has 21 heavy (non-hydrogen) atoms.